The predicted molar refractivity (Wildman–Crippen MR) is 54.3 cm³/mol. The summed E-state index contributed by atoms with van der Waals surface area (Å²) in [6.45, 7) is 4.90. The number of hydrogen-bond donors (Lipinski definition) is 0. The Labute approximate surface area is 95.7 Å². The van der Waals surface area contributed by atoms with Crippen LogP contribution in [-0.2, 0) is 11.3 Å². The minimum Gasteiger partial charge on any atom is -0.464 e. The first-order chi connectivity index (χ1) is 7.82. The molecule has 0 bridgehead atoms. The fourth-order valence-corrected chi connectivity index (χ4v) is 1.29. The molecule has 0 atom stereocenters. The van der Waals surface area contributed by atoms with Crippen molar-refractivity contribution in [2.24, 2.45) is 0 Å². The van der Waals surface area contributed by atoms with Gasteiger partial charge in [0.25, 0.3) is 0 Å². The standard InChI is InChI=1S/C10H11F3N2O2/c1-4-15-5-14-7(6(2)10(11,12)13)8(15)9(16)17-3/h5H,2,4H2,1,3H3. The number of rotatable bonds is 3. The highest BCUT2D eigenvalue weighted by Gasteiger charge is 2.37. The number of carbonyl (C=O) groups is 1. The predicted octanol–water partition coefficient (Wildman–Crippen LogP) is 2.27. The van der Waals surface area contributed by atoms with E-state index in [4.69, 9.17) is 0 Å². The zero-order valence-electron chi connectivity index (χ0n) is 9.34. The van der Waals surface area contributed by atoms with Gasteiger partial charge in [-0.2, -0.15) is 13.2 Å². The highest BCUT2D eigenvalue weighted by atomic mass is 19.4. The Morgan fingerprint density at radius 1 is 1.59 bits per heavy atom. The number of imidazole rings is 1. The second kappa shape index (κ2) is 4.60. The van der Waals surface area contributed by atoms with Crippen LogP contribution in [0.25, 0.3) is 5.57 Å². The van der Waals surface area contributed by atoms with Crippen molar-refractivity contribution in [3.63, 3.8) is 0 Å². The van der Waals surface area contributed by atoms with Crippen LogP contribution in [0.2, 0.25) is 0 Å². The number of methoxy groups -OCH3 is 1. The molecule has 0 spiro atoms. The third-order valence-electron chi connectivity index (χ3n) is 2.19. The van der Waals surface area contributed by atoms with Crippen LogP contribution in [0.15, 0.2) is 12.9 Å². The lowest BCUT2D eigenvalue weighted by atomic mass is 10.1. The number of carbonyl (C=O) groups excluding carboxylic acids is 1. The van der Waals surface area contributed by atoms with E-state index in [2.05, 4.69) is 16.3 Å². The van der Waals surface area contributed by atoms with E-state index in [0.29, 0.717) is 6.54 Å². The van der Waals surface area contributed by atoms with Gasteiger partial charge in [0.15, 0.2) is 5.69 Å². The molecule has 0 saturated heterocycles. The third kappa shape index (κ3) is 2.48. The van der Waals surface area contributed by atoms with E-state index in [9.17, 15) is 18.0 Å². The highest BCUT2D eigenvalue weighted by Crippen LogP contribution is 2.33. The van der Waals surface area contributed by atoms with Crippen molar-refractivity contribution in [3.8, 4) is 0 Å². The van der Waals surface area contributed by atoms with Gasteiger partial charge in [0.2, 0.25) is 0 Å². The summed E-state index contributed by atoms with van der Waals surface area (Å²) in [5, 5.41) is 0. The maximum absolute atomic E-state index is 12.5. The third-order valence-corrected chi connectivity index (χ3v) is 2.19. The summed E-state index contributed by atoms with van der Waals surface area (Å²) in [6.07, 6.45) is -3.48. The lowest BCUT2D eigenvalue weighted by Crippen LogP contribution is -2.16. The number of esters is 1. The van der Waals surface area contributed by atoms with Crippen molar-refractivity contribution >= 4 is 11.5 Å². The first-order valence-electron chi connectivity index (χ1n) is 4.72. The quantitative estimate of drug-likeness (QED) is 0.771. The molecule has 0 aliphatic rings. The molecule has 0 aromatic carbocycles. The minimum absolute atomic E-state index is 0.239. The summed E-state index contributed by atoms with van der Waals surface area (Å²) < 4.78 is 43.2. The van der Waals surface area contributed by atoms with Crippen LogP contribution in [0, 0.1) is 0 Å². The Bertz CT molecular complexity index is 449. The summed E-state index contributed by atoms with van der Waals surface area (Å²) in [5.41, 5.74) is -1.89. The van der Waals surface area contributed by atoms with Crippen LogP contribution in [0.1, 0.15) is 23.1 Å². The van der Waals surface area contributed by atoms with Gasteiger partial charge in [0.05, 0.1) is 19.0 Å². The summed E-state index contributed by atoms with van der Waals surface area (Å²) in [6, 6.07) is 0. The largest absolute Gasteiger partial charge is 0.464 e. The van der Waals surface area contributed by atoms with Crippen molar-refractivity contribution in [1.29, 1.82) is 0 Å². The van der Waals surface area contributed by atoms with Gasteiger partial charge in [-0.3, -0.25) is 0 Å². The number of aromatic nitrogens is 2. The van der Waals surface area contributed by atoms with E-state index in [0.717, 1.165) is 13.4 Å². The van der Waals surface area contributed by atoms with E-state index in [1.54, 1.807) is 6.92 Å². The fraction of sp³-hybridized carbons (Fsp3) is 0.400. The average molecular weight is 248 g/mol. The molecule has 0 aliphatic carbocycles. The minimum atomic E-state index is -4.63. The van der Waals surface area contributed by atoms with Gasteiger partial charge in [-0.25, -0.2) is 9.78 Å². The van der Waals surface area contributed by atoms with E-state index >= 15 is 0 Å². The fourth-order valence-electron chi connectivity index (χ4n) is 1.29. The molecule has 0 radical (unpaired) electrons. The van der Waals surface area contributed by atoms with Gasteiger partial charge < -0.3 is 9.30 Å². The molecule has 1 heterocycles. The summed E-state index contributed by atoms with van der Waals surface area (Å²) in [7, 11) is 1.09. The van der Waals surface area contributed by atoms with Crippen molar-refractivity contribution in [2.45, 2.75) is 19.6 Å². The lowest BCUT2D eigenvalue weighted by Gasteiger charge is -2.10. The van der Waals surface area contributed by atoms with E-state index < -0.39 is 23.4 Å². The zero-order valence-corrected chi connectivity index (χ0v) is 9.34. The van der Waals surface area contributed by atoms with Crippen molar-refractivity contribution in [2.75, 3.05) is 7.11 Å². The van der Waals surface area contributed by atoms with Crippen molar-refractivity contribution in [1.82, 2.24) is 9.55 Å². The molecular weight excluding hydrogens is 237 g/mol. The number of halogens is 3. The number of nitrogens with zero attached hydrogens (tertiary/aromatic N) is 2. The first kappa shape index (κ1) is 13.3. The van der Waals surface area contributed by atoms with Crippen molar-refractivity contribution in [3.05, 3.63) is 24.3 Å². The number of hydrogen-bond acceptors (Lipinski definition) is 3. The number of allylic oxidation sites excluding steroid dienone is 1. The lowest BCUT2D eigenvalue weighted by molar-refractivity contribution is -0.0689. The van der Waals surface area contributed by atoms with Crippen molar-refractivity contribution < 1.29 is 22.7 Å². The highest BCUT2D eigenvalue weighted by molar-refractivity contribution is 5.93. The summed E-state index contributed by atoms with van der Waals surface area (Å²) in [4.78, 5) is 15.0. The molecular formula is C10H11F3N2O2. The molecule has 94 valence electrons. The maximum atomic E-state index is 12.5. The van der Waals surface area contributed by atoms with Crippen LogP contribution < -0.4 is 0 Å². The van der Waals surface area contributed by atoms with Crippen LogP contribution >= 0.6 is 0 Å². The van der Waals surface area contributed by atoms with Gasteiger partial charge in [0.1, 0.15) is 5.69 Å². The van der Waals surface area contributed by atoms with Gasteiger partial charge in [-0.1, -0.05) is 6.58 Å². The molecule has 1 rings (SSSR count). The molecule has 0 amide bonds. The second-order valence-corrected chi connectivity index (χ2v) is 3.20. The molecule has 0 fully saturated rings. The SMILES string of the molecule is C=C(c1ncn(CC)c1C(=O)OC)C(F)(F)F. The normalized spacial score (nSPS) is 11.4. The number of alkyl halides is 3. The second-order valence-electron chi connectivity index (χ2n) is 3.20. The Balaban J connectivity index is 3.31. The molecule has 4 nitrogen and oxygen atoms in total. The molecule has 1 aromatic rings. The summed E-state index contributed by atoms with van der Waals surface area (Å²) in [5.74, 6) is -0.871. The molecule has 0 unspecified atom stereocenters. The van der Waals surface area contributed by atoms with Gasteiger partial charge in [-0.15, -0.1) is 0 Å². The van der Waals surface area contributed by atoms with Gasteiger partial charge in [-0.05, 0) is 6.92 Å². The molecule has 1 aromatic heterocycles. The van der Waals surface area contributed by atoms with Crippen LogP contribution in [0.4, 0.5) is 13.2 Å². The smallest absolute Gasteiger partial charge is 0.417 e. The van der Waals surface area contributed by atoms with E-state index in [1.807, 2.05) is 0 Å². The Morgan fingerprint density at radius 3 is 2.59 bits per heavy atom. The van der Waals surface area contributed by atoms with E-state index in [-0.39, 0.29) is 5.69 Å². The molecule has 0 saturated carbocycles. The van der Waals surface area contributed by atoms with Gasteiger partial charge >= 0.3 is 12.1 Å². The van der Waals surface area contributed by atoms with Crippen LogP contribution in [0.3, 0.4) is 0 Å². The Kier molecular flexibility index (Phi) is 3.59. The number of aryl methyl sites for hydroxylation is 1. The van der Waals surface area contributed by atoms with Gasteiger partial charge in [0, 0.05) is 6.54 Å². The average Bonchev–Trinajstić information content (AvgIpc) is 2.68. The number of ether oxygens (including phenoxy) is 1. The van der Waals surface area contributed by atoms with Crippen LogP contribution in [0.5, 0.6) is 0 Å². The van der Waals surface area contributed by atoms with E-state index in [1.165, 1.54) is 4.57 Å². The summed E-state index contributed by atoms with van der Waals surface area (Å²) >= 11 is 0. The topological polar surface area (TPSA) is 44.1 Å². The molecule has 7 heteroatoms. The monoisotopic (exact) mass is 248 g/mol. The Morgan fingerprint density at radius 2 is 2.18 bits per heavy atom. The Hall–Kier alpha value is -1.79. The molecule has 0 N–H and O–H groups in total. The van der Waals surface area contributed by atoms with Crippen LogP contribution in [-0.4, -0.2) is 28.8 Å². The first-order valence-corrected chi connectivity index (χ1v) is 4.72. The molecule has 17 heavy (non-hydrogen) atoms. The molecule has 0 aliphatic heterocycles. The zero-order chi connectivity index (χ0) is 13.2. The maximum Gasteiger partial charge on any atom is 0.417 e.